The summed E-state index contributed by atoms with van der Waals surface area (Å²) >= 11 is 0. The third kappa shape index (κ3) is 2.48. The molecule has 0 aliphatic rings. The zero-order chi connectivity index (χ0) is 14.0. The van der Waals surface area contributed by atoms with Gasteiger partial charge < -0.3 is 9.84 Å². The van der Waals surface area contributed by atoms with E-state index in [1.54, 1.807) is 19.2 Å². The van der Waals surface area contributed by atoms with Crippen LogP contribution in [0, 0.1) is 24.0 Å². The van der Waals surface area contributed by atoms with Crippen LogP contribution >= 0.6 is 0 Å². The maximum Gasteiger partial charge on any atom is 0.269 e. The van der Waals surface area contributed by atoms with Crippen molar-refractivity contribution in [1.82, 2.24) is 10.5 Å². The Morgan fingerprint density at radius 2 is 2.16 bits per heavy atom. The molecule has 2 rings (SSSR count). The Balaban J connectivity index is 2.60. The summed E-state index contributed by atoms with van der Waals surface area (Å²) in [5.41, 5.74) is 3.53. The number of rotatable bonds is 4. The molecule has 1 heterocycles. The maximum absolute atomic E-state index is 10.8. The van der Waals surface area contributed by atoms with Gasteiger partial charge in [0.2, 0.25) is 0 Å². The summed E-state index contributed by atoms with van der Waals surface area (Å²) in [6, 6.07) is 4.83. The van der Waals surface area contributed by atoms with Crippen LogP contribution in [0.25, 0.3) is 11.1 Å². The Labute approximate surface area is 110 Å². The molecule has 0 atom stereocenters. The lowest BCUT2D eigenvalue weighted by atomic mass is 9.97. The molecule has 0 aliphatic heterocycles. The predicted molar refractivity (Wildman–Crippen MR) is 70.8 cm³/mol. The molecular weight excluding hydrogens is 246 g/mol. The van der Waals surface area contributed by atoms with E-state index >= 15 is 0 Å². The van der Waals surface area contributed by atoms with Gasteiger partial charge in [-0.1, -0.05) is 5.16 Å². The topological polar surface area (TPSA) is 81.2 Å². The van der Waals surface area contributed by atoms with Crippen LogP contribution < -0.4 is 5.32 Å². The number of nitro benzene ring substituents is 1. The van der Waals surface area contributed by atoms with E-state index in [0.717, 1.165) is 22.4 Å². The van der Waals surface area contributed by atoms with Crippen LogP contribution in [0.15, 0.2) is 22.7 Å². The smallest absolute Gasteiger partial charge is 0.269 e. The van der Waals surface area contributed by atoms with Crippen LogP contribution in [0.5, 0.6) is 0 Å². The van der Waals surface area contributed by atoms with Gasteiger partial charge in [0.15, 0.2) is 0 Å². The number of nitrogens with zero attached hydrogens (tertiary/aromatic N) is 2. The van der Waals surface area contributed by atoms with Gasteiger partial charge in [-0.3, -0.25) is 10.1 Å². The molecule has 6 heteroatoms. The number of hydrogen-bond donors (Lipinski definition) is 1. The van der Waals surface area contributed by atoms with Gasteiger partial charge in [0.05, 0.1) is 10.6 Å². The van der Waals surface area contributed by atoms with Gasteiger partial charge in [-0.05, 0) is 38.1 Å². The zero-order valence-electron chi connectivity index (χ0n) is 11.1. The van der Waals surface area contributed by atoms with Gasteiger partial charge >= 0.3 is 0 Å². The molecule has 100 valence electrons. The third-order valence-electron chi connectivity index (χ3n) is 2.97. The minimum atomic E-state index is -0.393. The molecule has 0 aliphatic carbocycles. The SMILES string of the molecule is CNCc1cc([N+](=O)[O-])ccc1-c1c(C)noc1C. The summed E-state index contributed by atoms with van der Waals surface area (Å²) in [5.74, 6) is 0.712. The fourth-order valence-electron chi connectivity index (χ4n) is 2.14. The number of benzene rings is 1. The van der Waals surface area contributed by atoms with E-state index in [9.17, 15) is 10.1 Å². The van der Waals surface area contributed by atoms with Crippen molar-refractivity contribution in [3.05, 3.63) is 45.3 Å². The lowest BCUT2D eigenvalue weighted by Crippen LogP contribution is -2.07. The van der Waals surface area contributed by atoms with Crippen LogP contribution in [-0.4, -0.2) is 17.1 Å². The van der Waals surface area contributed by atoms with E-state index in [4.69, 9.17) is 4.52 Å². The second-order valence-corrected chi connectivity index (χ2v) is 4.33. The van der Waals surface area contributed by atoms with Gasteiger partial charge in [0.25, 0.3) is 5.69 Å². The van der Waals surface area contributed by atoms with E-state index in [0.29, 0.717) is 12.3 Å². The number of nitro groups is 1. The Bertz CT molecular complexity index is 600. The Hall–Kier alpha value is -2.21. The molecule has 0 amide bonds. The second-order valence-electron chi connectivity index (χ2n) is 4.33. The molecule has 1 N–H and O–H groups in total. The highest BCUT2D eigenvalue weighted by Crippen LogP contribution is 2.32. The van der Waals surface area contributed by atoms with Crippen LogP contribution in [0.1, 0.15) is 17.0 Å². The van der Waals surface area contributed by atoms with E-state index < -0.39 is 4.92 Å². The van der Waals surface area contributed by atoms with Crippen molar-refractivity contribution in [2.45, 2.75) is 20.4 Å². The first-order chi connectivity index (χ1) is 9.04. The lowest BCUT2D eigenvalue weighted by Gasteiger charge is -2.08. The molecule has 19 heavy (non-hydrogen) atoms. The normalized spacial score (nSPS) is 10.7. The van der Waals surface area contributed by atoms with Gasteiger partial charge in [-0.15, -0.1) is 0 Å². The predicted octanol–water partition coefficient (Wildman–Crippen LogP) is 2.59. The quantitative estimate of drug-likeness (QED) is 0.675. The Morgan fingerprint density at radius 1 is 1.42 bits per heavy atom. The molecule has 1 aromatic heterocycles. The van der Waals surface area contributed by atoms with Crippen molar-refractivity contribution in [3.8, 4) is 11.1 Å². The summed E-state index contributed by atoms with van der Waals surface area (Å²) in [5, 5.41) is 17.8. The van der Waals surface area contributed by atoms with Crippen molar-refractivity contribution in [1.29, 1.82) is 0 Å². The van der Waals surface area contributed by atoms with Crippen molar-refractivity contribution >= 4 is 5.69 Å². The van der Waals surface area contributed by atoms with Crippen molar-refractivity contribution in [3.63, 3.8) is 0 Å². The maximum atomic E-state index is 10.8. The lowest BCUT2D eigenvalue weighted by molar-refractivity contribution is -0.384. The number of hydrogen-bond acceptors (Lipinski definition) is 5. The molecule has 0 bridgehead atoms. The second kappa shape index (κ2) is 5.19. The van der Waals surface area contributed by atoms with Crippen molar-refractivity contribution in [2.75, 3.05) is 7.05 Å². The summed E-state index contributed by atoms with van der Waals surface area (Å²) in [6.07, 6.45) is 0. The average Bonchev–Trinajstić information content (AvgIpc) is 2.70. The Morgan fingerprint density at radius 3 is 2.68 bits per heavy atom. The van der Waals surface area contributed by atoms with Gasteiger partial charge in [0, 0.05) is 24.2 Å². The van der Waals surface area contributed by atoms with E-state index in [-0.39, 0.29) is 5.69 Å². The monoisotopic (exact) mass is 261 g/mol. The largest absolute Gasteiger partial charge is 0.361 e. The molecular formula is C13H15N3O3. The summed E-state index contributed by atoms with van der Waals surface area (Å²) in [4.78, 5) is 10.5. The van der Waals surface area contributed by atoms with Gasteiger partial charge in [-0.2, -0.15) is 0 Å². The molecule has 0 saturated carbocycles. The fraction of sp³-hybridized carbons (Fsp3) is 0.308. The standard InChI is InChI=1S/C13H15N3O3/c1-8-13(9(2)19-15-8)12-5-4-11(16(17)18)6-10(12)7-14-3/h4-6,14H,7H2,1-3H3. The molecule has 0 spiro atoms. The molecule has 6 nitrogen and oxygen atoms in total. The van der Waals surface area contributed by atoms with E-state index in [2.05, 4.69) is 10.5 Å². The molecule has 0 unspecified atom stereocenters. The highest BCUT2D eigenvalue weighted by Gasteiger charge is 2.17. The van der Waals surface area contributed by atoms with Gasteiger partial charge in [-0.25, -0.2) is 0 Å². The zero-order valence-corrected chi connectivity index (χ0v) is 11.1. The first-order valence-corrected chi connectivity index (χ1v) is 5.89. The van der Waals surface area contributed by atoms with Crippen LogP contribution in [-0.2, 0) is 6.54 Å². The number of aromatic nitrogens is 1. The van der Waals surface area contributed by atoms with Crippen LogP contribution in [0.4, 0.5) is 5.69 Å². The number of aryl methyl sites for hydroxylation is 2. The Kier molecular flexibility index (Phi) is 3.62. The number of nitrogens with one attached hydrogen (secondary N) is 1. The minimum absolute atomic E-state index is 0.0840. The molecule has 1 aromatic carbocycles. The van der Waals surface area contributed by atoms with Crippen molar-refractivity contribution in [2.24, 2.45) is 0 Å². The first-order valence-electron chi connectivity index (χ1n) is 5.89. The summed E-state index contributed by atoms with van der Waals surface area (Å²) < 4.78 is 5.16. The highest BCUT2D eigenvalue weighted by atomic mass is 16.6. The van der Waals surface area contributed by atoms with Gasteiger partial charge in [0.1, 0.15) is 5.76 Å². The summed E-state index contributed by atoms with van der Waals surface area (Å²) in [6.45, 7) is 4.23. The van der Waals surface area contributed by atoms with E-state index in [1.165, 1.54) is 6.07 Å². The minimum Gasteiger partial charge on any atom is -0.361 e. The molecule has 0 fully saturated rings. The van der Waals surface area contributed by atoms with E-state index in [1.807, 2.05) is 13.8 Å². The first kappa shape index (κ1) is 13.2. The number of non-ortho nitro benzene ring substituents is 1. The molecule has 0 radical (unpaired) electrons. The van der Waals surface area contributed by atoms with Crippen molar-refractivity contribution < 1.29 is 9.45 Å². The molecule has 2 aromatic rings. The average molecular weight is 261 g/mol. The highest BCUT2D eigenvalue weighted by molar-refractivity contribution is 5.72. The third-order valence-corrected chi connectivity index (χ3v) is 2.97. The molecule has 0 saturated heterocycles. The van der Waals surface area contributed by atoms with Crippen LogP contribution in [0.2, 0.25) is 0 Å². The fourth-order valence-corrected chi connectivity index (χ4v) is 2.14. The summed E-state index contributed by atoms with van der Waals surface area (Å²) in [7, 11) is 1.80. The van der Waals surface area contributed by atoms with Crippen LogP contribution in [0.3, 0.4) is 0 Å².